The second-order valence-corrected chi connectivity index (χ2v) is 6.33. The average Bonchev–Trinajstić information content (AvgIpc) is 3.09. The molecule has 4 N–H and O–H groups in total. The third kappa shape index (κ3) is 4.35. The Bertz CT molecular complexity index is 1040. The van der Waals surface area contributed by atoms with Crippen LogP contribution in [0.5, 0.6) is 0 Å². The number of anilines is 2. The molecule has 0 aliphatic heterocycles. The van der Waals surface area contributed by atoms with Gasteiger partial charge in [-0.25, -0.2) is 0 Å². The highest BCUT2D eigenvalue weighted by Crippen LogP contribution is 2.23. The molecule has 3 rings (SSSR count). The van der Waals surface area contributed by atoms with Gasteiger partial charge in [-0.1, -0.05) is 24.3 Å². The van der Waals surface area contributed by atoms with Gasteiger partial charge in [0.25, 0.3) is 5.91 Å². The molecular weight excluding hydrogens is 358 g/mol. The minimum atomic E-state index is -0.339. The quantitative estimate of drug-likeness (QED) is 0.527. The number of benzene rings is 2. The number of nitrogens with one attached hydrogen (secondary N) is 4. The van der Waals surface area contributed by atoms with E-state index in [0.717, 1.165) is 16.5 Å². The van der Waals surface area contributed by atoms with Gasteiger partial charge in [0, 0.05) is 36.7 Å². The van der Waals surface area contributed by atoms with Crippen molar-refractivity contribution in [3.8, 4) is 0 Å². The van der Waals surface area contributed by atoms with Crippen molar-refractivity contribution in [2.24, 2.45) is 0 Å². The van der Waals surface area contributed by atoms with Crippen molar-refractivity contribution >= 4 is 40.0 Å². The van der Waals surface area contributed by atoms with Crippen LogP contribution in [0, 0.1) is 6.92 Å². The summed E-state index contributed by atoms with van der Waals surface area (Å²) in [6.07, 6.45) is 0.109. The van der Waals surface area contributed by atoms with Crippen molar-refractivity contribution in [2.75, 3.05) is 17.2 Å². The van der Waals surface area contributed by atoms with Crippen LogP contribution >= 0.6 is 0 Å². The predicted molar refractivity (Wildman–Crippen MR) is 107 cm³/mol. The van der Waals surface area contributed by atoms with Crippen LogP contribution in [0.2, 0.25) is 0 Å². The molecule has 0 unspecified atom stereocenters. The Kier molecular flexibility index (Phi) is 5.69. The average molecular weight is 379 g/mol. The Morgan fingerprint density at radius 3 is 2.46 bits per heavy atom. The summed E-state index contributed by atoms with van der Waals surface area (Å²) in [6, 6.07) is 12.6. The van der Waals surface area contributed by atoms with Crippen LogP contribution in [-0.2, 0) is 9.59 Å². The van der Waals surface area contributed by atoms with Gasteiger partial charge in [0.1, 0.15) is 0 Å². The zero-order valence-electron chi connectivity index (χ0n) is 15.6. The van der Waals surface area contributed by atoms with E-state index in [1.165, 1.54) is 6.92 Å². The smallest absolute Gasteiger partial charge is 0.272 e. The zero-order chi connectivity index (χ0) is 20.1. The lowest BCUT2D eigenvalue weighted by Crippen LogP contribution is -2.28. The lowest BCUT2D eigenvalue weighted by molar-refractivity contribution is -0.116. The summed E-state index contributed by atoms with van der Waals surface area (Å²) < 4.78 is 0. The van der Waals surface area contributed by atoms with Gasteiger partial charge in [0.2, 0.25) is 11.8 Å². The van der Waals surface area contributed by atoms with Crippen LogP contribution in [0.1, 0.15) is 29.4 Å². The van der Waals surface area contributed by atoms with Gasteiger partial charge < -0.3 is 16.0 Å². The molecule has 0 spiro atoms. The predicted octanol–water partition coefficient (Wildman–Crippen LogP) is 2.59. The standard InChI is InChI=1S/C20H21N5O3/c1-12-15(22-13(2)26)8-5-9-16(12)23-18(27)10-11-21-20(28)19-14-6-3-4-7-17(14)24-25-19/h3-9H,10-11H2,1-2H3,(H,21,28)(H,22,26)(H,23,27)(H,24,25). The molecule has 0 saturated heterocycles. The van der Waals surface area contributed by atoms with E-state index in [1.807, 2.05) is 31.2 Å². The third-order valence-electron chi connectivity index (χ3n) is 4.24. The number of hydrogen-bond donors (Lipinski definition) is 4. The van der Waals surface area contributed by atoms with Gasteiger partial charge in [0.15, 0.2) is 5.69 Å². The van der Waals surface area contributed by atoms with E-state index < -0.39 is 0 Å². The first-order valence-corrected chi connectivity index (χ1v) is 8.84. The van der Waals surface area contributed by atoms with Gasteiger partial charge in [0.05, 0.1) is 5.52 Å². The number of carbonyl (C=O) groups is 3. The van der Waals surface area contributed by atoms with Crippen molar-refractivity contribution < 1.29 is 14.4 Å². The Hall–Kier alpha value is -3.68. The number of aromatic nitrogens is 2. The summed E-state index contributed by atoms with van der Waals surface area (Å²) in [5.74, 6) is -0.760. The summed E-state index contributed by atoms with van der Waals surface area (Å²) in [4.78, 5) is 35.7. The minimum absolute atomic E-state index is 0.109. The van der Waals surface area contributed by atoms with E-state index in [-0.39, 0.29) is 30.7 Å². The van der Waals surface area contributed by atoms with Crippen molar-refractivity contribution in [1.82, 2.24) is 15.5 Å². The summed E-state index contributed by atoms with van der Waals surface area (Å²) in [7, 11) is 0. The summed E-state index contributed by atoms with van der Waals surface area (Å²) in [5.41, 5.74) is 3.10. The van der Waals surface area contributed by atoms with Crippen LogP contribution in [0.3, 0.4) is 0 Å². The molecule has 3 amide bonds. The largest absolute Gasteiger partial charge is 0.350 e. The highest BCUT2D eigenvalue weighted by Gasteiger charge is 2.14. The number of amides is 3. The molecule has 0 atom stereocenters. The summed E-state index contributed by atoms with van der Waals surface area (Å²) in [5, 5.41) is 15.8. The molecule has 3 aromatic rings. The van der Waals surface area contributed by atoms with Crippen LogP contribution in [-0.4, -0.2) is 34.5 Å². The lowest BCUT2D eigenvalue weighted by Gasteiger charge is -2.13. The second kappa shape index (κ2) is 8.34. The van der Waals surface area contributed by atoms with Gasteiger partial charge >= 0.3 is 0 Å². The van der Waals surface area contributed by atoms with E-state index in [9.17, 15) is 14.4 Å². The molecular formula is C20H21N5O3. The highest BCUT2D eigenvalue weighted by atomic mass is 16.2. The van der Waals surface area contributed by atoms with Crippen molar-refractivity contribution in [1.29, 1.82) is 0 Å². The Morgan fingerprint density at radius 2 is 1.71 bits per heavy atom. The Labute approximate surface area is 161 Å². The van der Waals surface area contributed by atoms with Crippen LogP contribution in [0.4, 0.5) is 11.4 Å². The fourth-order valence-electron chi connectivity index (χ4n) is 2.82. The molecule has 1 heterocycles. The van der Waals surface area contributed by atoms with Gasteiger partial charge in [-0.3, -0.25) is 19.5 Å². The molecule has 2 aromatic carbocycles. The van der Waals surface area contributed by atoms with Crippen LogP contribution in [0.25, 0.3) is 10.9 Å². The molecule has 1 aromatic heterocycles. The van der Waals surface area contributed by atoms with E-state index in [2.05, 4.69) is 26.1 Å². The molecule has 0 aliphatic rings. The number of para-hydroxylation sites is 1. The first kappa shape index (κ1) is 19.1. The maximum atomic E-state index is 12.3. The number of nitrogens with zero attached hydrogens (tertiary/aromatic N) is 1. The number of H-pyrrole nitrogens is 1. The lowest BCUT2D eigenvalue weighted by atomic mass is 10.1. The fraction of sp³-hybridized carbons (Fsp3) is 0.200. The summed E-state index contributed by atoms with van der Waals surface area (Å²) in [6.45, 7) is 3.41. The molecule has 144 valence electrons. The van der Waals surface area contributed by atoms with E-state index >= 15 is 0 Å². The number of aromatic amines is 1. The molecule has 0 aliphatic carbocycles. The number of rotatable bonds is 6. The highest BCUT2D eigenvalue weighted by molar-refractivity contribution is 6.04. The Morgan fingerprint density at radius 1 is 1.00 bits per heavy atom. The summed E-state index contributed by atoms with van der Waals surface area (Å²) >= 11 is 0. The molecule has 0 radical (unpaired) electrons. The SMILES string of the molecule is CC(=O)Nc1cccc(NC(=O)CCNC(=O)c2n[nH]c3ccccc23)c1C. The molecule has 0 saturated carbocycles. The first-order valence-electron chi connectivity index (χ1n) is 8.84. The molecule has 8 heteroatoms. The molecule has 28 heavy (non-hydrogen) atoms. The van der Waals surface area contributed by atoms with Crippen LogP contribution < -0.4 is 16.0 Å². The number of carbonyl (C=O) groups excluding carboxylic acids is 3. The number of fused-ring (bicyclic) bond motifs is 1. The topological polar surface area (TPSA) is 116 Å². The van der Waals surface area contributed by atoms with Gasteiger partial charge in [-0.15, -0.1) is 0 Å². The molecule has 0 fully saturated rings. The van der Waals surface area contributed by atoms with Gasteiger partial charge in [-0.05, 0) is 30.7 Å². The molecule has 0 bridgehead atoms. The van der Waals surface area contributed by atoms with Crippen molar-refractivity contribution in [3.05, 3.63) is 53.7 Å². The van der Waals surface area contributed by atoms with Gasteiger partial charge in [-0.2, -0.15) is 5.10 Å². The van der Waals surface area contributed by atoms with Crippen LogP contribution in [0.15, 0.2) is 42.5 Å². The molecule has 8 nitrogen and oxygen atoms in total. The Balaban J connectivity index is 1.55. The maximum Gasteiger partial charge on any atom is 0.272 e. The first-order chi connectivity index (χ1) is 13.5. The minimum Gasteiger partial charge on any atom is -0.350 e. The van der Waals surface area contributed by atoms with Crippen molar-refractivity contribution in [3.63, 3.8) is 0 Å². The normalized spacial score (nSPS) is 10.5. The van der Waals surface area contributed by atoms with E-state index in [1.54, 1.807) is 18.2 Å². The number of hydrogen-bond acceptors (Lipinski definition) is 4. The second-order valence-electron chi connectivity index (χ2n) is 6.33. The van der Waals surface area contributed by atoms with E-state index in [0.29, 0.717) is 17.1 Å². The third-order valence-corrected chi connectivity index (χ3v) is 4.24. The fourth-order valence-corrected chi connectivity index (χ4v) is 2.82. The van der Waals surface area contributed by atoms with Crippen molar-refractivity contribution in [2.45, 2.75) is 20.3 Å². The van der Waals surface area contributed by atoms with E-state index in [4.69, 9.17) is 0 Å². The monoisotopic (exact) mass is 379 g/mol. The maximum absolute atomic E-state index is 12.3. The zero-order valence-corrected chi connectivity index (χ0v) is 15.6.